The molecule has 2 saturated heterocycles. The van der Waals surface area contributed by atoms with E-state index in [-0.39, 0.29) is 12.0 Å². The quantitative estimate of drug-likeness (QED) is 0.764. The van der Waals surface area contributed by atoms with Gasteiger partial charge in [-0.2, -0.15) is 0 Å². The maximum absolute atomic E-state index is 12.5. The van der Waals surface area contributed by atoms with Crippen LogP contribution in [0.1, 0.15) is 23.2 Å². The van der Waals surface area contributed by atoms with Crippen molar-refractivity contribution in [1.82, 2.24) is 9.21 Å². The van der Waals surface area contributed by atoms with Crippen molar-refractivity contribution in [2.45, 2.75) is 18.9 Å². The SMILES string of the molecule is CS(=O)(=O)N1CCC(Oc2ccc(C(=O)N3CCOCC3)cc2Cl)CC1. The first kappa shape index (κ1) is 19.4. The third-order valence-electron chi connectivity index (χ3n) is 4.64. The maximum Gasteiger partial charge on any atom is 0.254 e. The molecule has 1 aromatic rings. The molecule has 0 atom stereocenters. The predicted octanol–water partition coefficient (Wildman–Crippen LogP) is 1.62. The summed E-state index contributed by atoms with van der Waals surface area (Å²) in [4.78, 5) is 14.2. The first-order chi connectivity index (χ1) is 12.3. The highest BCUT2D eigenvalue weighted by atomic mass is 35.5. The highest BCUT2D eigenvalue weighted by Gasteiger charge is 2.26. The minimum absolute atomic E-state index is 0.0665. The van der Waals surface area contributed by atoms with E-state index < -0.39 is 10.0 Å². The second kappa shape index (κ2) is 8.12. The van der Waals surface area contributed by atoms with Gasteiger partial charge in [-0.05, 0) is 31.0 Å². The number of carbonyl (C=O) groups excluding carboxylic acids is 1. The lowest BCUT2D eigenvalue weighted by molar-refractivity contribution is 0.0303. The number of sulfonamides is 1. The van der Waals surface area contributed by atoms with Gasteiger partial charge in [0.15, 0.2) is 0 Å². The average molecular weight is 403 g/mol. The Morgan fingerprint density at radius 1 is 1.19 bits per heavy atom. The zero-order valence-corrected chi connectivity index (χ0v) is 16.3. The molecule has 2 fully saturated rings. The third-order valence-corrected chi connectivity index (χ3v) is 6.24. The molecule has 0 bridgehead atoms. The Balaban J connectivity index is 1.61. The van der Waals surface area contributed by atoms with Gasteiger partial charge in [0.05, 0.1) is 24.5 Å². The van der Waals surface area contributed by atoms with Gasteiger partial charge in [0, 0.05) is 31.7 Å². The van der Waals surface area contributed by atoms with Crippen molar-refractivity contribution in [2.75, 3.05) is 45.6 Å². The van der Waals surface area contributed by atoms with Crippen LogP contribution in [0.4, 0.5) is 0 Å². The number of hydrogen-bond donors (Lipinski definition) is 0. The van der Waals surface area contributed by atoms with Gasteiger partial charge in [0.2, 0.25) is 10.0 Å². The van der Waals surface area contributed by atoms with Crippen LogP contribution in [-0.4, -0.2) is 75.3 Å². The van der Waals surface area contributed by atoms with Crippen LogP contribution >= 0.6 is 11.6 Å². The molecule has 0 radical (unpaired) electrons. The summed E-state index contributed by atoms with van der Waals surface area (Å²) >= 11 is 6.31. The normalized spacial score (nSPS) is 20.2. The molecule has 0 aliphatic carbocycles. The molecular formula is C17H23ClN2O5S. The van der Waals surface area contributed by atoms with Crippen LogP contribution in [0.25, 0.3) is 0 Å². The number of carbonyl (C=O) groups is 1. The van der Waals surface area contributed by atoms with Gasteiger partial charge in [-0.15, -0.1) is 0 Å². The highest BCUT2D eigenvalue weighted by molar-refractivity contribution is 7.88. The number of hydrogen-bond acceptors (Lipinski definition) is 5. The Morgan fingerprint density at radius 2 is 1.85 bits per heavy atom. The van der Waals surface area contributed by atoms with Gasteiger partial charge >= 0.3 is 0 Å². The summed E-state index contributed by atoms with van der Waals surface area (Å²) in [5.74, 6) is 0.450. The van der Waals surface area contributed by atoms with Crippen LogP contribution in [0.3, 0.4) is 0 Å². The van der Waals surface area contributed by atoms with E-state index in [2.05, 4.69) is 0 Å². The van der Waals surface area contributed by atoms with Gasteiger partial charge < -0.3 is 14.4 Å². The number of amides is 1. The summed E-state index contributed by atoms with van der Waals surface area (Å²) in [6.45, 7) is 3.13. The number of halogens is 1. The lowest BCUT2D eigenvalue weighted by atomic mass is 10.1. The summed E-state index contributed by atoms with van der Waals surface area (Å²) in [6, 6.07) is 5.05. The molecule has 2 aliphatic rings. The number of rotatable bonds is 4. The van der Waals surface area contributed by atoms with Crippen molar-refractivity contribution in [3.63, 3.8) is 0 Å². The van der Waals surface area contributed by atoms with Crippen molar-refractivity contribution >= 4 is 27.5 Å². The molecule has 2 aliphatic heterocycles. The predicted molar refractivity (Wildman–Crippen MR) is 98.2 cm³/mol. The monoisotopic (exact) mass is 402 g/mol. The first-order valence-electron chi connectivity index (χ1n) is 8.63. The highest BCUT2D eigenvalue weighted by Crippen LogP contribution is 2.29. The van der Waals surface area contributed by atoms with Crippen molar-refractivity contribution < 1.29 is 22.7 Å². The molecule has 3 rings (SSSR count). The Kier molecular flexibility index (Phi) is 6.06. The van der Waals surface area contributed by atoms with Crippen molar-refractivity contribution in [3.8, 4) is 5.75 Å². The van der Waals surface area contributed by atoms with Gasteiger partial charge in [-0.1, -0.05) is 11.6 Å². The minimum Gasteiger partial charge on any atom is -0.489 e. The number of piperidine rings is 1. The van der Waals surface area contributed by atoms with Crippen LogP contribution < -0.4 is 4.74 Å². The molecule has 0 unspecified atom stereocenters. The summed E-state index contributed by atoms with van der Waals surface area (Å²) in [5, 5.41) is 0.384. The number of benzene rings is 1. The van der Waals surface area contributed by atoms with Gasteiger partial charge in [-0.25, -0.2) is 12.7 Å². The second-order valence-electron chi connectivity index (χ2n) is 6.53. The largest absolute Gasteiger partial charge is 0.489 e. The van der Waals surface area contributed by atoms with Gasteiger partial charge in [0.1, 0.15) is 11.9 Å². The average Bonchev–Trinajstić information content (AvgIpc) is 2.63. The molecule has 0 spiro atoms. The molecule has 9 heteroatoms. The molecule has 7 nitrogen and oxygen atoms in total. The van der Waals surface area contributed by atoms with Gasteiger partial charge in [-0.3, -0.25) is 4.79 Å². The summed E-state index contributed by atoms with van der Waals surface area (Å²) in [7, 11) is -3.16. The topological polar surface area (TPSA) is 76.2 Å². The summed E-state index contributed by atoms with van der Waals surface area (Å²) < 4.78 is 35.8. The van der Waals surface area contributed by atoms with E-state index in [0.29, 0.717) is 68.6 Å². The molecular weight excluding hydrogens is 380 g/mol. The first-order valence-corrected chi connectivity index (χ1v) is 10.9. The van der Waals surface area contributed by atoms with Crippen LogP contribution in [0.5, 0.6) is 5.75 Å². The second-order valence-corrected chi connectivity index (χ2v) is 8.92. The van der Waals surface area contributed by atoms with E-state index in [1.54, 1.807) is 23.1 Å². The standard InChI is InChI=1S/C17H23ClN2O5S/c1-26(22,23)20-6-4-14(5-7-20)25-16-3-2-13(12-15(16)18)17(21)19-8-10-24-11-9-19/h2-3,12,14H,4-11H2,1H3. The van der Waals surface area contributed by atoms with E-state index in [1.165, 1.54) is 10.6 Å². The Labute approximate surface area is 158 Å². The van der Waals surface area contributed by atoms with Gasteiger partial charge in [0.25, 0.3) is 5.91 Å². The van der Waals surface area contributed by atoms with Crippen molar-refractivity contribution in [1.29, 1.82) is 0 Å². The fourth-order valence-electron chi connectivity index (χ4n) is 3.14. The Hall–Kier alpha value is -1.35. The van der Waals surface area contributed by atoms with E-state index in [0.717, 1.165) is 0 Å². The Bertz CT molecular complexity index is 756. The lowest BCUT2D eigenvalue weighted by Gasteiger charge is -2.30. The van der Waals surface area contributed by atoms with Crippen molar-refractivity contribution in [2.24, 2.45) is 0 Å². The lowest BCUT2D eigenvalue weighted by Crippen LogP contribution is -2.41. The van der Waals surface area contributed by atoms with Crippen LogP contribution in [0.2, 0.25) is 5.02 Å². The molecule has 26 heavy (non-hydrogen) atoms. The number of morpholine rings is 1. The summed E-state index contributed by atoms with van der Waals surface area (Å²) in [5.41, 5.74) is 0.524. The molecule has 2 heterocycles. The molecule has 144 valence electrons. The van der Waals surface area contributed by atoms with Crippen molar-refractivity contribution in [3.05, 3.63) is 28.8 Å². The minimum atomic E-state index is -3.16. The molecule has 1 amide bonds. The molecule has 0 saturated carbocycles. The molecule has 1 aromatic carbocycles. The van der Waals surface area contributed by atoms with Crippen LogP contribution in [0.15, 0.2) is 18.2 Å². The van der Waals surface area contributed by atoms with E-state index in [4.69, 9.17) is 21.1 Å². The van der Waals surface area contributed by atoms with Crippen LogP contribution in [0, 0.1) is 0 Å². The van der Waals surface area contributed by atoms with E-state index in [1.807, 2.05) is 0 Å². The maximum atomic E-state index is 12.5. The fourth-order valence-corrected chi connectivity index (χ4v) is 4.24. The fraction of sp³-hybridized carbons (Fsp3) is 0.588. The van der Waals surface area contributed by atoms with E-state index >= 15 is 0 Å². The smallest absolute Gasteiger partial charge is 0.254 e. The molecule has 0 N–H and O–H groups in total. The van der Waals surface area contributed by atoms with Crippen LogP contribution in [-0.2, 0) is 14.8 Å². The number of ether oxygens (including phenoxy) is 2. The third kappa shape index (κ3) is 4.68. The molecule has 0 aromatic heterocycles. The Morgan fingerprint density at radius 3 is 2.42 bits per heavy atom. The zero-order chi connectivity index (χ0) is 18.7. The van der Waals surface area contributed by atoms with E-state index in [9.17, 15) is 13.2 Å². The number of nitrogens with zero attached hydrogens (tertiary/aromatic N) is 2. The zero-order valence-electron chi connectivity index (χ0n) is 14.7. The summed E-state index contributed by atoms with van der Waals surface area (Å²) in [6.07, 6.45) is 2.34.